The van der Waals surface area contributed by atoms with Gasteiger partial charge in [0.05, 0.1) is 16.6 Å². The van der Waals surface area contributed by atoms with Gasteiger partial charge in [-0.2, -0.15) is 13.2 Å². The lowest BCUT2D eigenvalue weighted by Crippen LogP contribution is -2.19. The fourth-order valence-corrected chi connectivity index (χ4v) is 4.09. The molecule has 4 aromatic rings. The summed E-state index contributed by atoms with van der Waals surface area (Å²) in [5.41, 5.74) is -0.0970. The average molecular weight is 488 g/mol. The lowest BCUT2D eigenvalue weighted by atomic mass is 10.1. The first-order chi connectivity index (χ1) is 16.1. The summed E-state index contributed by atoms with van der Waals surface area (Å²) in [5.74, 6) is -0.0774. The van der Waals surface area contributed by atoms with Gasteiger partial charge in [-0.05, 0) is 36.5 Å². The van der Waals surface area contributed by atoms with E-state index in [4.69, 9.17) is 17.0 Å². The number of aromatic nitrogens is 3. The molecule has 0 atom stereocenters. The highest BCUT2D eigenvalue weighted by Crippen LogP contribution is 2.38. The average Bonchev–Trinajstić information content (AvgIpc) is 3.05. The maximum Gasteiger partial charge on any atom is 0.416 e. The molecule has 0 saturated heterocycles. The van der Waals surface area contributed by atoms with Crippen molar-refractivity contribution in [3.8, 4) is 17.5 Å². The van der Waals surface area contributed by atoms with Crippen LogP contribution in [0.5, 0.6) is 17.5 Å². The van der Waals surface area contributed by atoms with Crippen molar-refractivity contribution in [2.24, 2.45) is 7.05 Å². The summed E-state index contributed by atoms with van der Waals surface area (Å²) >= 11 is 5.13. The Morgan fingerprint density at radius 1 is 1.18 bits per heavy atom. The van der Waals surface area contributed by atoms with Gasteiger partial charge in [-0.25, -0.2) is 0 Å². The number of benzene rings is 2. The Labute approximate surface area is 197 Å². The number of nitrogens with one attached hydrogen (secondary N) is 1. The summed E-state index contributed by atoms with van der Waals surface area (Å²) in [4.78, 5) is 15.2. The second-order valence-corrected chi connectivity index (χ2v) is 8.01. The predicted octanol–water partition coefficient (Wildman–Crippen LogP) is 5.69. The molecule has 0 bridgehead atoms. The lowest BCUT2D eigenvalue weighted by Gasteiger charge is -2.14. The van der Waals surface area contributed by atoms with E-state index in [0.717, 1.165) is 23.0 Å². The Morgan fingerprint density at radius 3 is 2.62 bits per heavy atom. The third kappa shape index (κ3) is 4.24. The van der Waals surface area contributed by atoms with Crippen molar-refractivity contribution < 1.29 is 23.0 Å². The van der Waals surface area contributed by atoms with E-state index in [1.54, 1.807) is 17.7 Å². The first kappa shape index (κ1) is 23.4. The molecule has 10 heteroatoms. The zero-order chi connectivity index (χ0) is 24.6. The minimum absolute atomic E-state index is 0.0114. The van der Waals surface area contributed by atoms with E-state index < -0.39 is 17.3 Å². The van der Waals surface area contributed by atoms with Crippen LogP contribution in [0.2, 0.25) is 0 Å². The topological polar surface area (TPSA) is 72.2 Å². The molecule has 0 aliphatic carbocycles. The van der Waals surface area contributed by atoms with Gasteiger partial charge in [-0.15, -0.1) is 6.58 Å². The lowest BCUT2D eigenvalue weighted by molar-refractivity contribution is -0.137. The molecular formula is C24H20F3N3O3S. The van der Waals surface area contributed by atoms with Gasteiger partial charge in [0.15, 0.2) is 4.77 Å². The van der Waals surface area contributed by atoms with Crippen LogP contribution in [0, 0.1) is 4.77 Å². The van der Waals surface area contributed by atoms with Crippen LogP contribution in [0.3, 0.4) is 0 Å². The highest BCUT2D eigenvalue weighted by molar-refractivity contribution is 7.71. The molecule has 0 amide bonds. The third-order valence-corrected chi connectivity index (χ3v) is 5.78. The number of nitrogens with zero attached hydrogens (tertiary/aromatic N) is 2. The number of allylic oxidation sites excluding steroid dienone is 1. The Bertz CT molecular complexity index is 1520. The van der Waals surface area contributed by atoms with Crippen LogP contribution in [0.1, 0.15) is 16.7 Å². The minimum atomic E-state index is -4.52. The van der Waals surface area contributed by atoms with Crippen LogP contribution in [0.25, 0.3) is 10.9 Å². The summed E-state index contributed by atoms with van der Waals surface area (Å²) in [7, 11) is 1.71. The molecule has 4 rings (SSSR count). The molecule has 34 heavy (non-hydrogen) atoms. The molecule has 2 aromatic carbocycles. The van der Waals surface area contributed by atoms with Crippen molar-refractivity contribution in [1.82, 2.24) is 14.1 Å². The van der Waals surface area contributed by atoms with Crippen molar-refractivity contribution in [3.05, 3.63) is 93.0 Å². The van der Waals surface area contributed by atoms with Crippen LogP contribution in [-0.4, -0.2) is 19.2 Å². The Morgan fingerprint density at radius 2 is 1.91 bits per heavy atom. The molecule has 0 radical (unpaired) electrons. The normalized spacial score (nSPS) is 11.6. The van der Waals surface area contributed by atoms with Gasteiger partial charge in [0.2, 0.25) is 11.8 Å². The maximum absolute atomic E-state index is 13.2. The van der Waals surface area contributed by atoms with Crippen molar-refractivity contribution >= 4 is 23.1 Å². The van der Waals surface area contributed by atoms with Gasteiger partial charge in [0.1, 0.15) is 5.75 Å². The molecular weight excluding hydrogens is 467 g/mol. The number of aromatic hydroxyl groups is 1. The molecule has 6 nitrogen and oxygen atoms in total. The van der Waals surface area contributed by atoms with E-state index in [-0.39, 0.29) is 40.8 Å². The molecule has 0 aliphatic rings. The second kappa shape index (κ2) is 8.86. The van der Waals surface area contributed by atoms with E-state index in [0.29, 0.717) is 5.56 Å². The maximum atomic E-state index is 13.2. The number of rotatable bonds is 6. The van der Waals surface area contributed by atoms with Crippen molar-refractivity contribution in [1.29, 1.82) is 0 Å². The number of hydrogen-bond donors (Lipinski definition) is 2. The molecule has 0 aliphatic heterocycles. The van der Waals surface area contributed by atoms with E-state index in [1.165, 1.54) is 22.8 Å². The number of halogens is 3. The predicted molar refractivity (Wildman–Crippen MR) is 125 cm³/mol. The molecule has 2 aromatic heterocycles. The first-order valence-corrected chi connectivity index (χ1v) is 10.6. The summed E-state index contributed by atoms with van der Waals surface area (Å²) in [6, 6.07) is 11.8. The number of alkyl halides is 3. The highest BCUT2D eigenvalue weighted by Gasteiger charge is 2.31. The number of aromatic amines is 1. The van der Waals surface area contributed by atoms with Crippen LogP contribution in [-0.2, 0) is 26.2 Å². The van der Waals surface area contributed by atoms with E-state index in [2.05, 4.69) is 11.6 Å². The zero-order valence-corrected chi connectivity index (χ0v) is 18.8. The Hall–Kier alpha value is -3.79. The van der Waals surface area contributed by atoms with Gasteiger partial charge in [-0.1, -0.05) is 30.3 Å². The van der Waals surface area contributed by atoms with E-state index in [9.17, 15) is 23.1 Å². The molecule has 0 unspecified atom stereocenters. The minimum Gasteiger partial charge on any atom is -0.494 e. The fourth-order valence-electron chi connectivity index (χ4n) is 3.83. The standard InChI is InChI=1S/C24H20F3N3O3S/c1-3-11-30-21(32)18(20(31)28-23(30)34)13-17-16-9-4-5-10-19(16)29(2)22(17)33-15-8-6-7-14(12-15)24(25,26)27/h3-10,12,32H,1,11,13H2,2H3,(H,28,31,34). The van der Waals surface area contributed by atoms with Gasteiger partial charge in [0.25, 0.3) is 5.56 Å². The molecule has 2 N–H and O–H groups in total. The van der Waals surface area contributed by atoms with Crippen molar-refractivity contribution in [2.45, 2.75) is 19.1 Å². The van der Waals surface area contributed by atoms with Crippen LogP contribution in [0.15, 0.2) is 66.0 Å². The van der Waals surface area contributed by atoms with Gasteiger partial charge >= 0.3 is 6.18 Å². The third-order valence-electron chi connectivity index (χ3n) is 5.46. The van der Waals surface area contributed by atoms with E-state index >= 15 is 0 Å². The van der Waals surface area contributed by atoms with Gasteiger partial charge in [-0.3, -0.25) is 14.3 Å². The van der Waals surface area contributed by atoms with Gasteiger partial charge < -0.3 is 14.4 Å². The van der Waals surface area contributed by atoms with Crippen LogP contribution in [0.4, 0.5) is 13.2 Å². The molecule has 2 heterocycles. The quantitative estimate of drug-likeness (QED) is 0.271. The number of aryl methyl sites for hydroxylation is 1. The Balaban J connectivity index is 1.88. The molecule has 0 saturated carbocycles. The smallest absolute Gasteiger partial charge is 0.416 e. The summed E-state index contributed by atoms with van der Waals surface area (Å²) in [6.45, 7) is 3.81. The number of fused-ring (bicyclic) bond motifs is 1. The summed E-state index contributed by atoms with van der Waals surface area (Å²) in [6.07, 6.45) is -3.05. The van der Waals surface area contributed by atoms with E-state index in [1.807, 2.05) is 18.2 Å². The first-order valence-electron chi connectivity index (χ1n) is 10.2. The molecule has 0 spiro atoms. The highest BCUT2D eigenvalue weighted by atomic mass is 32.1. The van der Waals surface area contributed by atoms with Crippen molar-refractivity contribution in [2.75, 3.05) is 0 Å². The molecule has 176 valence electrons. The second-order valence-electron chi connectivity index (χ2n) is 7.63. The molecule has 0 fully saturated rings. The number of para-hydroxylation sites is 1. The van der Waals surface area contributed by atoms with Crippen molar-refractivity contribution in [3.63, 3.8) is 0 Å². The number of H-pyrrole nitrogens is 1. The number of hydrogen-bond acceptors (Lipinski definition) is 4. The summed E-state index contributed by atoms with van der Waals surface area (Å²) in [5, 5.41) is 11.5. The monoisotopic (exact) mass is 487 g/mol. The number of ether oxygens (including phenoxy) is 1. The van der Waals surface area contributed by atoms with Crippen LogP contribution >= 0.6 is 12.2 Å². The van der Waals surface area contributed by atoms with Gasteiger partial charge in [0, 0.05) is 31.0 Å². The SMILES string of the molecule is C=CCn1c(O)c(Cc2c(Oc3cccc(C(F)(F)F)c3)n(C)c3ccccc23)c(=O)[nH]c1=S. The largest absolute Gasteiger partial charge is 0.494 e. The van der Waals surface area contributed by atoms with Crippen LogP contribution < -0.4 is 10.3 Å². The summed E-state index contributed by atoms with van der Waals surface area (Å²) < 4.78 is 48.6. The zero-order valence-electron chi connectivity index (χ0n) is 18.0. The Kier molecular flexibility index (Phi) is 6.09. The fraction of sp³-hybridized carbons (Fsp3) is 0.167.